The highest BCUT2D eigenvalue weighted by Gasteiger charge is 2.18. The van der Waals surface area contributed by atoms with E-state index in [1.165, 1.54) is 0 Å². The van der Waals surface area contributed by atoms with Gasteiger partial charge in [-0.2, -0.15) is 0 Å². The standard InChI is InChI=1S/C14H28N4/c1-6-17(7-2)9-12(5)18-10-16-8-13(18)14(15)11(3)4/h8,10-12,14H,6-7,9,15H2,1-5H3. The molecular weight excluding hydrogens is 224 g/mol. The van der Waals surface area contributed by atoms with E-state index in [9.17, 15) is 0 Å². The van der Waals surface area contributed by atoms with Crippen molar-refractivity contribution in [1.82, 2.24) is 14.5 Å². The first kappa shape index (κ1) is 15.2. The zero-order valence-electron chi connectivity index (χ0n) is 12.4. The Hall–Kier alpha value is -0.870. The van der Waals surface area contributed by atoms with E-state index < -0.39 is 0 Å². The molecule has 0 fully saturated rings. The summed E-state index contributed by atoms with van der Waals surface area (Å²) in [4.78, 5) is 6.70. The molecule has 0 bridgehead atoms. The summed E-state index contributed by atoms with van der Waals surface area (Å²) < 4.78 is 2.23. The largest absolute Gasteiger partial charge is 0.329 e. The molecule has 1 aromatic rings. The molecule has 0 aliphatic heterocycles. The molecule has 2 atom stereocenters. The van der Waals surface area contributed by atoms with E-state index in [1.54, 1.807) is 0 Å². The third kappa shape index (κ3) is 3.56. The third-order valence-corrected chi connectivity index (χ3v) is 3.65. The highest BCUT2D eigenvalue weighted by molar-refractivity contribution is 5.07. The molecule has 0 radical (unpaired) electrons. The maximum atomic E-state index is 6.24. The van der Waals surface area contributed by atoms with Crippen molar-refractivity contribution >= 4 is 0 Å². The Kier molecular flexibility index (Phi) is 5.82. The second-order valence-corrected chi connectivity index (χ2v) is 5.33. The third-order valence-electron chi connectivity index (χ3n) is 3.65. The predicted molar refractivity (Wildman–Crippen MR) is 76.5 cm³/mol. The molecule has 18 heavy (non-hydrogen) atoms. The van der Waals surface area contributed by atoms with Crippen molar-refractivity contribution in [2.45, 2.75) is 46.7 Å². The molecule has 0 aliphatic rings. The molecule has 1 heterocycles. The molecule has 0 saturated carbocycles. The normalized spacial score (nSPS) is 15.3. The minimum absolute atomic E-state index is 0.0617. The van der Waals surface area contributed by atoms with Crippen LogP contribution in [-0.2, 0) is 0 Å². The Morgan fingerprint density at radius 1 is 1.28 bits per heavy atom. The van der Waals surface area contributed by atoms with E-state index in [0.29, 0.717) is 12.0 Å². The van der Waals surface area contributed by atoms with Gasteiger partial charge in [0.2, 0.25) is 0 Å². The van der Waals surface area contributed by atoms with Gasteiger partial charge in [0, 0.05) is 24.8 Å². The molecule has 2 N–H and O–H groups in total. The van der Waals surface area contributed by atoms with Gasteiger partial charge in [-0.25, -0.2) is 4.98 Å². The second kappa shape index (κ2) is 6.90. The van der Waals surface area contributed by atoms with Gasteiger partial charge in [-0.1, -0.05) is 27.7 Å². The summed E-state index contributed by atoms with van der Waals surface area (Å²) in [5, 5.41) is 0. The number of hydrogen-bond acceptors (Lipinski definition) is 3. The topological polar surface area (TPSA) is 47.1 Å². The average Bonchev–Trinajstić information content (AvgIpc) is 2.83. The summed E-state index contributed by atoms with van der Waals surface area (Å²) in [5.74, 6) is 0.432. The highest BCUT2D eigenvalue weighted by Crippen LogP contribution is 2.21. The van der Waals surface area contributed by atoms with Crippen LogP contribution in [0.3, 0.4) is 0 Å². The molecule has 0 spiro atoms. The smallest absolute Gasteiger partial charge is 0.0951 e. The van der Waals surface area contributed by atoms with E-state index in [2.05, 4.69) is 49.1 Å². The fraction of sp³-hybridized carbons (Fsp3) is 0.786. The van der Waals surface area contributed by atoms with Crippen LogP contribution in [0.2, 0.25) is 0 Å². The zero-order valence-corrected chi connectivity index (χ0v) is 12.4. The Labute approximate surface area is 111 Å². The zero-order chi connectivity index (χ0) is 13.7. The second-order valence-electron chi connectivity index (χ2n) is 5.33. The van der Waals surface area contributed by atoms with Crippen LogP contribution in [0, 0.1) is 5.92 Å². The first-order valence-electron chi connectivity index (χ1n) is 7.00. The van der Waals surface area contributed by atoms with E-state index in [4.69, 9.17) is 5.73 Å². The Morgan fingerprint density at radius 2 is 1.89 bits per heavy atom. The number of imidazole rings is 1. The predicted octanol–water partition coefficient (Wildman–Crippen LogP) is 2.44. The maximum absolute atomic E-state index is 6.24. The molecule has 104 valence electrons. The van der Waals surface area contributed by atoms with Gasteiger partial charge < -0.3 is 15.2 Å². The highest BCUT2D eigenvalue weighted by atomic mass is 15.2. The summed E-state index contributed by atoms with van der Waals surface area (Å²) in [6.45, 7) is 14.1. The first-order valence-corrected chi connectivity index (χ1v) is 7.00. The number of nitrogens with zero attached hydrogens (tertiary/aromatic N) is 3. The van der Waals surface area contributed by atoms with Crippen molar-refractivity contribution in [3.8, 4) is 0 Å². The van der Waals surface area contributed by atoms with Crippen molar-refractivity contribution in [3.05, 3.63) is 18.2 Å². The summed E-state index contributed by atoms with van der Waals surface area (Å²) in [7, 11) is 0. The lowest BCUT2D eigenvalue weighted by molar-refractivity contribution is 0.256. The van der Waals surface area contributed by atoms with Crippen LogP contribution >= 0.6 is 0 Å². The van der Waals surface area contributed by atoms with Crippen molar-refractivity contribution in [1.29, 1.82) is 0 Å². The lowest BCUT2D eigenvalue weighted by Crippen LogP contribution is -2.31. The molecule has 2 unspecified atom stereocenters. The molecule has 1 aromatic heterocycles. The molecule has 0 aliphatic carbocycles. The van der Waals surface area contributed by atoms with Crippen LogP contribution in [0.15, 0.2) is 12.5 Å². The Morgan fingerprint density at radius 3 is 2.39 bits per heavy atom. The van der Waals surface area contributed by atoms with E-state index in [-0.39, 0.29) is 6.04 Å². The van der Waals surface area contributed by atoms with Gasteiger partial charge in [0.25, 0.3) is 0 Å². The Balaban J connectivity index is 2.80. The van der Waals surface area contributed by atoms with E-state index in [1.807, 2.05) is 12.5 Å². The molecule has 0 amide bonds. The number of hydrogen-bond donors (Lipinski definition) is 1. The van der Waals surface area contributed by atoms with Gasteiger partial charge in [-0.3, -0.25) is 0 Å². The average molecular weight is 252 g/mol. The number of aromatic nitrogens is 2. The molecular formula is C14H28N4. The number of rotatable bonds is 7. The van der Waals surface area contributed by atoms with Gasteiger partial charge in [-0.05, 0) is 25.9 Å². The SMILES string of the molecule is CCN(CC)CC(C)n1cncc1C(N)C(C)C. The van der Waals surface area contributed by atoms with Gasteiger partial charge in [0.1, 0.15) is 0 Å². The van der Waals surface area contributed by atoms with Crippen molar-refractivity contribution < 1.29 is 0 Å². The quantitative estimate of drug-likeness (QED) is 0.811. The van der Waals surface area contributed by atoms with Crippen LogP contribution in [0.25, 0.3) is 0 Å². The minimum Gasteiger partial charge on any atom is -0.329 e. The fourth-order valence-electron chi connectivity index (χ4n) is 2.23. The van der Waals surface area contributed by atoms with Gasteiger partial charge in [-0.15, -0.1) is 0 Å². The summed E-state index contributed by atoms with van der Waals surface area (Å²) >= 11 is 0. The van der Waals surface area contributed by atoms with Gasteiger partial charge in [0.05, 0.1) is 12.0 Å². The molecule has 0 aromatic carbocycles. The first-order chi connectivity index (χ1) is 8.51. The lowest BCUT2D eigenvalue weighted by atomic mass is 10.0. The maximum Gasteiger partial charge on any atom is 0.0951 e. The van der Waals surface area contributed by atoms with Crippen LogP contribution in [-0.4, -0.2) is 34.1 Å². The van der Waals surface area contributed by atoms with Crippen LogP contribution in [0.4, 0.5) is 0 Å². The van der Waals surface area contributed by atoms with Crippen molar-refractivity contribution in [3.63, 3.8) is 0 Å². The van der Waals surface area contributed by atoms with Crippen LogP contribution in [0.1, 0.15) is 52.4 Å². The summed E-state index contributed by atoms with van der Waals surface area (Å²) in [6, 6.07) is 0.471. The molecule has 0 saturated heterocycles. The van der Waals surface area contributed by atoms with Crippen LogP contribution < -0.4 is 5.73 Å². The van der Waals surface area contributed by atoms with E-state index in [0.717, 1.165) is 25.3 Å². The lowest BCUT2D eigenvalue weighted by Gasteiger charge is -2.26. The summed E-state index contributed by atoms with van der Waals surface area (Å²) in [6.07, 6.45) is 3.81. The summed E-state index contributed by atoms with van der Waals surface area (Å²) in [5.41, 5.74) is 7.39. The van der Waals surface area contributed by atoms with E-state index >= 15 is 0 Å². The Bertz CT molecular complexity index is 341. The van der Waals surface area contributed by atoms with Crippen molar-refractivity contribution in [2.75, 3.05) is 19.6 Å². The van der Waals surface area contributed by atoms with Gasteiger partial charge >= 0.3 is 0 Å². The fourth-order valence-corrected chi connectivity index (χ4v) is 2.23. The number of likely N-dealkylation sites (N-methyl/N-ethyl adjacent to an activating group) is 1. The number of nitrogens with two attached hydrogens (primary N) is 1. The van der Waals surface area contributed by atoms with Gasteiger partial charge in [0.15, 0.2) is 0 Å². The molecule has 1 rings (SSSR count). The van der Waals surface area contributed by atoms with Crippen molar-refractivity contribution in [2.24, 2.45) is 11.7 Å². The monoisotopic (exact) mass is 252 g/mol. The minimum atomic E-state index is 0.0617. The van der Waals surface area contributed by atoms with Crippen LogP contribution in [0.5, 0.6) is 0 Å². The molecule has 4 heteroatoms. The molecule has 4 nitrogen and oxygen atoms in total.